The average Bonchev–Trinajstić information content (AvgIpc) is 2.57. The molecular weight excluding hydrogens is 338 g/mol. The highest BCUT2D eigenvalue weighted by Gasteiger charge is 2.10. The van der Waals surface area contributed by atoms with Crippen LogP contribution in [0.3, 0.4) is 0 Å². The number of benzene rings is 2. The zero-order chi connectivity index (χ0) is 19.3. The van der Waals surface area contributed by atoms with E-state index in [-0.39, 0.29) is 31.2 Å². The van der Waals surface area contributed by atoms with E-state index < -0.39 is 11.6 Å². The van der Waals surface area contributed by atoms with Crippen molar-refractivity contribution in [3.05, 3.63) is 64.2 Å². The van der Waals surface area contributed by atoms with Gasteiger partial charge in [0, 0.05) is 12.1 Å². The Kier molecular flexibility index (Phi) is 6.44. The maximum Gasteiger partial charge on any atom is 0.243 e. The summed E-state index contributed by atoms with van der Waals surface area (Å²) in [5.41, 5.74) is 4.30. The SMILES string of the molecule is Cc1cc(C)c(NC(=O)CNC(=O)CCc2ccc(F)c(F)c2)c(C)c1. The zero-order valence-corrected chi connectivity index (χ0v) is 15.1. The lowest BCUT2D eigenvalue weighted by molar-refractivity contribution is -0.124. The van der Waals surface area contributed by atoms with E-state index in [1.54, 1.807) is 0 Å². The lowest BCUT2D eigenvalue weighted by Gasteiger charge is -2.13. The third-order valence-corrected chi connectivity index (χ3v) is 4.01. The van der Waals surface area contributed by atoms with Crippen LogP contribution in [-0.2, 0) is 16.0 Å². The van der Waals surface area contributed by atoms with Crippen LogP contribution in [0.25, 0.3) is 0 Å². The average molecular weight is 360 g/mol. The summed E-state index contributed by atoms with van der Waals surface area (Å²) < 4.78 is 26.0. The van der Waals surface area contributed by atoms with Crippen LogP contribution in [0.4, 0.5) is 14.5 Å². The normalized spacial score (nSPS) is 10.5. The van der Waals surface area contributed by atoms with Gasteiger partial charge in [0.25, 0.3) is 0 Å². The van der Waals surface area contributed by atoms with Gasteiger partial charge in [0.15, 0.2) is 11.6 Å². The van der Waals surface area contributed by atoms with E-state index in [4.69, 9.17) is 0 Å². The van der Waals surface area contributed by atoms with Gasteiger partial charge in [-0.1, -0.05) is 23.8 Å². The summed E-state index contributed by atoms with van der Waals surface area (Å²) in [6.07, 6.45) is 0.349. The first-order valence-corrected chi connectivity index (χ1v) is 8.34. The van der Waals surface area contributed by atoms with Gasteiger partial charge >= 0.3 is 0 Å². The topological polar surface area (TPSA) is 58.2 Å². The van der Waals surface area contributed by atoms with E-state index in [1.807, 2.05) is 32.9 Å². The van der Waals surface area contributed by atoms with Gasteiger partial charge in [0.1, 0.15) is 0 Å². The van der Waals surface area contributed by atoms with Gasteiger partial charge in [0.2, 0.25) is 11.8 Å². The number of halogens is 2. The third kappa shape index (κ3) is 5.37. The minimum atomic E-state index is -0.939. The molecule has 0 saturated heterocycles. The molecule has 0 atom stereocenters. The van der Waals surface area contributed by atoms with E-state index in [9.17, 15) is 18.4 Å². The molecule has 0 fully saturated rings. The number of anilines is 1. The van der Waals surface area contributed by atoms with Crippen LogP contribution in [0.1, 0.15) is 28.7 Å². The monoisotopic (exact) mass is 360 g/mol. The van der Waals surface area contributed by atoms with Crippen molar-refractivity contribution in [2.75, 3.05) is 11.9 Å². The lowest BCUT2D eigenvalue weighted by atomic mass is 10.1. The second-order valence-corrected chi connectivity index (χ2v) is 6.35. The van der Waals surface area contributed by atoms with Gasteiger partial charge in [-0.25, -0.2) is 8.78 Å². The molecule has 0 heterocycles. The molecule has 6 heteroatoms. The minimum Gasteiger partial charge on any atom is -0.347 e. The summed E-state index contributed by atoms with van der Waals surface area (Å²) in [7, 11) is 0. The van der Waals surface area contributed by atoms with Crippen molar-refractivity contribution in [3.8, 4) is 0 Å². The largest absolute Gasteiger partial charge is 0.347 e. The van der Waals surface area contributed by atoms with Crippen LogP contribution in [0.5, 0.6) is 0 Å². The number of aryl methyl sites for hydroxylation is 4. The number of hydrogen-bond donors (Lipinski definition) is 2. The molecule has 0 saturated carbocycles. The van der Waals surface area contributed by atoms with Crippen LogP contribution in [-0.4, -0.2) is 18.4 Å². The quantitative estimate of drug-likeness (QED) is 0.827. The van der Waals surface area contributed by atoms with E-state index in [2.05, 4.69) is 10.6 Å². The molecule has 0 spiro atoms. The molecule has 4 nitrogen and oxygen atoms in total. The molecule has 2 aromatic rings. The number of amides is 2. The van der Waals surface area contributed by atoms with Gasteiger partial charge in [0.05, 0.1) is 6.54 Å². The number of rotatable bonds is 6. The molecule has 2 aromatic carbocycles. The Labute approximate surface area is 151 Å². The first-order valence-electron chi connectivity index (χ1n) is 8.34. The first kappa shape index (κ1) is 19.6. The van der Waals surface area contributed by atoms with Crippen molar-refractivity contribution < 1.29 is 18.4 Å². The van der Waals surface area contributed by atoms with Crippen molar-refractivity contribution in [2.24, 2.45) is 0 Å². The minimum absolute atomic E-state index is 0.0843. The maximum absolute atomic E-state index is 13.1. The summed E-state index contributed by atoms with van der Waals surface area (Å²) in [5, 5.41) is 5.33. The molecule has 2 rings (SSSR count). The molecule has 0 radical (unpaired) electrons. The Balaban J connectivity index is 1.81. The fourth-order valence-corrected chi connectivity index (χ4v) is 2.78. The molecule has 0 aromatic heterocycles. The van der Waals surface area contributed by atoms with Crippen LogP contribution in [0, 0.1) is 32.4 Å². The summed E-state index contributed by atoms with van der Waals surface area (Å²) in [5.74, 6) is -2.51. The van der Waals surface area contributed by atoms with Gasteiger partial charge < -0.3 is 10.6 Å². The van der Waals surface area contributed by atoms with E-state index in [0.29, 0.717) is 5.56 Å². The van der Waals surface area contributed by atoms with Crippen LogP contribution < -0.4 is 10.6 Å². The molecule has 138 valence electrons. The molecule has 2 amide bonds. The summed E-state index contributed by atoms with van der Waals surface area (Å²) in [4.78, 5) is 23.9. The molecule has 0 bridgehead atoms. The van der Waals surface area contributed by atoms with E-state index >= 15 is 0 Å². The van der Waals surface area contributed by atoms with Crippen LogP contribution in [0.15, 0.2) is 30.3 Å². The molecule has 0 unspecified atom stereocenters. The van der Waals surface area contributed by atoms with Gasteiger partial charge in [-0.15, -0.1) is 0 Å². The number of nitrogens with one attached hydrogen (secondary N) is 2. The zero-order valence-electron chi connectivity index (χ0n) is 15.1. The fourth-order valence-electron chi connectivity index (χ4n) is 2.78. The Bertz CT molecular complexity index is 812. The highest BCUT2D eigenvalue weighted by molar-refractivity contribution is 5.95. The third-order valence-electron chi connectivity index (χ3n) is 4.01. The fraction of sp³-hybridized carbons (Fsp3) is 0.300. The number of carbonyl (C=O) groups is 2. The van der Waals surface area contributed by atoms with Gasteiger partial charge in [-0.3, -0.25) is 9.59 Å². The molecule has 0 aliphatic rings. The molecule has 26 heavy (non-hydrogen) atoms. The molecule has 0 aliphatic carbocycles. The van der Waals surface area contributed by atoms with Crippen molar-refractivity contribution in [1.29, 1.82) is 0 Å². The van der Waals surface area contributed by atoms with Crippen LogP contribution >= 0.6 is 0 Å². The second kappa shape index (κ2) is 8.56. The predicted octanol–water partition coefficient (Wildman–Crippen LogP) is 3.58. The van der Waals surface area contributed by atoms with Gasteiger partial charge in [-0.05, 0) is 56.0 Å². The maximum atomic E-state index is 13.1. The summed E-state index contributed by atoms with van der Waals surface area (Å²) >= 11 is 0. The Morgan fingerprint density at radius 3 is 2.19 bits per heavy atom. The Morgan fingerprint density at radius 2 is 1.58 bits per heavy atom. The van der Waals surface area contributed by atoms with Crippen LogP contribution in [0.2, 0.25) is 0 Å². The van der Waals surface area contributed by atoms with E-state index in [1.165, 1.54) is 6.07 Å². The highest BCUT2D eigenvalue weighted by Crippen LogP contribution is 2.21. The number of hydrogen-bond acceptors (Lipinski definition) is 2. The predicted molar refractivity (Wildman–Crippen MR) is 97.0 cm³/mol. The van der Waals surface area contributed by atoms with E-state index in [0.717, 1.165) is 34.5 Å². The molecule has 2 N–H and O–H groups in total. The standard InChI is InChI=1S/C20H22F2N2O2/c1-12-8-13(2)20(14(3)9-12)24-19(26)11-23-18(25)7-5-15-4-6-16(21)17(22)10-15/h4,6,8-10H,5,7,11H2,1-3H3,(H,23,25)(H,24,26). The summed E-state index contributed by atoms with van der Waals surface area (Å²) in [6, 6.07) is 7.48. The first-order chi connectivity index (χ1) is 12.3. The highest BCUT2D eigenvalue weighted by atomic mass is 19.2. The lowest BCUT2D eigenvalue weighted by Crippen LogP contribution is -2.33. The smallest absolute Gasteiger partial charge is 0.243 e. The number of carbonyl (C=O) groups excluding carboxylic acids is 2. The van der Waals surface area contributed by atoms with Crippen molar-refractivity contribution >= 4 is 17.5 Å². The Hall–Kier alpha value is -2.76. The van der Waals surface area contributed by atoms with Crippen molar-refractivity contribution in [2.45, 2.75) is 33.6 Å². The Morgan fingerprint density at radius 1 is 0.923 bits per heavy atom. The molecule has 0 aliphatic heterocycles. The van der Waals surface area contributed by atoms with Crippen molar-refractivity contribution in [1.82, 2.24) is 5.32 Å². The van der Waals surface area contributed by atoms with Gasteiger partial charge in [-0.2, -0.15) is 0 Å². The molecular formula is C20H22F2N2O2. The second-order valence-electron chi connectivity index (χ2n) is 6.35. The summed E-state index contributed by atoms with van der Waals surface area (Å²) in [6.45, 7) is 5.66. The van der Waals surface area contributed by atoms with Crippen molar-refractivity contribution in [3.63, 3.8) is 0 Å².